The molecular weight excluding hydrogens is 238 g/mol. The first-order valence-corrected chi connectivity index (χ1v) is 9.65. The fraction of sp³-hybridized carbons (Fsp3) is 0.143. The minimum absolute atomic E-state index is 1.33. The van der Waals surface area contributed by atoms with E-state index >= 15 is 0 Å². The predicted octanol–water partition coefficient (Wildman–Crippen LogP) is 2.32. The second kappa shape index (κ2) is 5.24. The number of rotatable bonds is 3. The molecule has 0 aliphatic carbocycles. The normalized spacial score (nSPS) is 9.93. The molecule has 2 aromatic carbocycles. The molecule has 0 saturated carbocycles. The molecule has 0 spiro atoms. The summed E-state index contributed by atoms with van der Waals surface area (Å²) in [6.45, 7) is 2.32. The van der Waals surface area contributed by atoms with Gasteiger partial charge >= 0.3 is 97.0 Å². The molecule has 1 heteroatoms. The molecule has 74 valence electrons. The number of hydrogen-bond donors (Lipinski definition) is 0. The molecule has 15 heavy (non-hydrogen) atoms. The maximum atomic E-state index is 2.32. The second-order valence-electron chi connectivity index (χ2n) is 3.78. The van der Waals surface area contributed by atoms with Gasteiger partial charge in [-0.2, -0.15) is 0 Å². The van der Waals surface area contributed by atoms with Crippen LogP contribution in [0.25, 0.3) is 0 Å². The molecule has 0 unspecified atom stereocenters. The third kappa shape index (κ3) is 2.55. The summed E-state index contributed by atoms with van der Waals surface area (Å²) in [7, 11) is 0. The van der Waals surface area contributed by atoms with Crippen molar-refractivity contribution in [2.24, 2.45) is 0 Å². The van der Waals surface area contributed by atoms with E-state index in [9.17, 15) is 0 Å². The van der Waals surface area contributed by atoms with Crippen LogP contribution in [0.5, 0.6) is 0 Å². The van der Waals surface area contributed by atoms with E-state index in [0.29, 0.717) is 0 Å². The Bertz CT molecular complexity index is 355. The Kier molecular flexibility index (Phi) is 3.70. The van der Waals surface area contributed by atoms with Crippen LogP contribution in [0.3, 0.4) is 0 Å². The molecule has 0 amide bonds. The Morgan fingerprint density at radius 1 is 0.733 bits per heavy atom. The molecule has 0 N–H and O–H groups in total. The quantitative estimate of drug-likeness (QED) is 0.736. The third-order valence-electron chi connectivity index (χ3n) is 2.81. The van der Waals surface area contributed by atoms with Crippen LogP contribution in [-0.2, 0) is 0 Å². The van der Waals surface area contributed by atoms with Crippen LogP contribution in [0.15, 0.2) is 60.7 Å². The Morgan fingerprint density at radius 3 is 1.47 bits per heavy atom. The van der Waals surface area contributed by atoms with Crippen molar-refractivity contribution in [3.63, 3.8) is 0 Å². The molecule has 0 fully saturated rings. The topological polar surface area (TPSA) is 0 Å². The molecule has 0 aromatic heterocycles. The zero-order valence-electron chi connectivity index (χ0n) is 9.06. The van der Waals surface area contributed by atoms with Crippen LogP contribution in [0, 0.1) is 0 Å². The summed E-state index contributed by atoms with van der Waals surface area (Å²) in [4.78, 5) is 1.33. The molecule has 2 aromatic rings. The van der Waals surface area contributed by atoms with Gasteiger partial charge in [-0.25, -0.2) is 0 Å². The van der Waals surface area contributed by atoms with Crippen LogP contribution in [0.4, 0.5) is 0 Å². The van der Waals surface area contributed by atoms with Crippen molar-refractivity contribution < 1.29 is 0 Å². The molecule has 0 atom stereocenters. The van der Waals surface area contributed by atoms with Gasteiger partial charge in [-0.1, -0.05) is 0 Å². The Morgan fingerprint density at radius 2 is 1.13 bits per heavy atom. The fourth-order valence-corrected chi connectivity index (χ4v) is 7.70. The minimum atomic E-state index is -1.44. The average molecular weight is 253 g/mol. The molecule has 0 bridgehead atoms. The summed E-state index contributed by atoms with van der Waals surface area (Å²) >= 11 is -1.44. The maximum absolute atomic E-state index is 2.32. The third-order valence-corrected chi connectivity index (χ3v) is 9.52. The van der Waals surface area contributed by atoms with Gasteiger partial charge in [0, 0.05) is 0 Å². The zero-order valence-corrected chi connectivity index (χ0v) is 11.5. The van der Waals surface area contributed by atoms with Gasteiger partial charge in [-0.05, 0) is 0 Å². The summed E-state index contributed by atoms with van der Waals surface area (Å²) in [6, 6.07) is 22.0. The van der Waals surface area contributed by atoms with Crippen LogP contribution in [0.1, 0.15) is 6.92 Å². The number of benzene rings is 2. The summed E-state index contributed by atoms with van der Waals surface area (Å²) in [6.07, 6.45) is 0. The van der Waals surface area contributed by atoms with Crippen molar-refractivity contribution in [3.05, 3.63) is 60.7 Å². The first-order chi connectivity index (χ1) is 7.42. The molecule has 2 rings (SSSR count). The molecular formula is C14H15Ga. The van der Waals surface area contributed by atoms with Gasteiger partial charge in [0.2, 0.25) is 0 Å². The van der Waals surface area contributed by atoms with Gasteiger partial charge < -0.3 is 0 Å². The van der Waals surface area contributed by atoms with E-state index in [1.165, 1.54) is 4.98 Å². The van der Waals surface area contributed by atoms with Crippen molar-refractivity contribution >= 4 is 24.5 Å². The van der Waals surface area contributed by atoms with Crippen molar-refractivity contribution in [2.75, 3.05) is 0 Å². The SMILES string of the molecule is C[CH2][Ga]([c]1ccccc1)[c]1ccccc1. The van der Waals surface area contributed by atoms with Crippen LogP contribution >= 0.6 is 0 Å². The standard InChI is InChI=1S/2C6H5.C2H5.Ga/c2*1-2-4-6-5-3-1;1-2;/h2*1-5H;1H2,2H3;. The van der Waals surface area contributed by atoms with E-state index in [4.69, 9.17) is 0 Å². The van der Waals surface area contributed by atoms with Gasteiger partial charge in [0.25, 0.3) is 0 Å². The van der Waals surface area contributed by atoms with E-state index in [2.05, 4.69) is 67.6 Å². The van der Waals surface area contributed by atoms with Gasteiger partial charge in [0.15, 0.2) is 0 Å². The molecule has 0 heterocycles. The molecule has 0 radical (unpaired) electrons. The Balaban J connectivity index is 2.34. The van der Waals surface area contributed by atoms with Gasteiger partial charge in [0.05, 0.1) is 0 Å². The van der Waals surface area contributed by atoms with E-state index in [1.807, 2.05) is 0 Å². The van der Waals surface area contributed by atoms with Crippen molar-refractivity contribution in [3.8, 4) is 0 Å². The number of hydrogen-bond acceptors (Lipinski definition) is 0. The van der Waals surface area contributed by atoms with Crippen LogP contribution < -0.4 is 8.24 Å². The Labute approximate surface area is 97.0 Å². The van der Waals surface area contributed by atoms with E-state index in [-0.39, 0.29) is 0 Å². The molecule has 0 aliphatic rings. The van der Waals surface area contributed by atoms with Gasteiger partial charge in [-0.3, -0.25) is 0 Å². The average Bonchev–Trinajstić information content (AvgIpc) is 2.33. The summed E-state index contributed by atoms with van der Waals surface area (Å²) in [5, 5.41) is 0. The van der Waals surface area contributed by atoms with Crippen molar-refractivity contribution in [1.82, 2.24) is 0 Å². The first kappa shape index (κ1) is 10.6. The monoisotopic (exact) mass is 252 g/mol. The Hall–Kier alpha value is -0.924. The van der Waals surface area contributed by atoms with E-state index in [0.717, 1.165) is 0 Å². The first-order valence-electron chi connectivity index (χ1n) is 5.51. The van der Waals surface area contributed by atoms with Crippen LogP contribution in [-0.4, -0.2) is 16.2 Å². The summed E-state index contributed by atoms with van der Waals surface area (Å²) in [5.74, 6) is 0. The fourth-order valence-electron chi connectivity index (χ4n) is 2.03. The van der Waals surface area contributed by atoms with Crippen molar-refractivity contribution in [2.45, 2.75) is 11.9 Å². The summed E-state index contributed by atoms with van der Waals surface area (Å²) in [5.41, 5.74) is 0. The van der Waals surface area contributed by atoms with Crippen molar-refractivity contribution in [1.29, 1.82) is 0 Å². The van der Waals surface area contributed by atoms with Gasteiger partial charge in [-0.15, -0.1) is 0 Å². The summed E-state index contributed by atoms with van der Waals surface area (Å²) < 4.78 is 3.19. The van der Waals surface area contributed by atoms with Gasteiger partial charge in [0.1, 0.15) is 0 Å². The zero-order chi connectivity index (χ0) is 10.5. The molecule has 0 nitrogen and oxygen atoms in total. The predicted molar refractivity (Wildman–Crippen MR) is 68.4 cm³/mol. The molecule has 0 saturated heterocycles. The molecule has 0 aliphatic heterocycles. The van der Waals surface area contributed by atoms with Crippen LogP contribution in [0.2, 0.25) is 4.98 Å². The van der Waals surface area contributed by atoms with E-state index in [1.54, 1.807) is 8.24 Å². The second-order valence-corrected chi connectivity index (χ2v) is 10.6. The van der Waals surface area contributed by atoms with E-state index < -0.39 is 16.2 Å².